The molecular weight excluding hydrogens is 160 g/mol. The van der Waals surface area contributed by atoms with Gasteiger partial charge in [-0.25, -0.2) is 0 Å². The molecule has 0 saturated carbocycles. The highest BCUT2D eigenvalue weighted by molar-refractivity contribution is 5.93. The van der Waals surface area contributed by atoms with Gasteiger partial charge in [0.05, 0.1) is 0 Å². The Hall–Kier alpha value is -0.590. The first-order valence-corrected chi connectivity index (χ1v) is 5.14. The fraction of sp³-hybridized carbons (Fsp3) is 0.750. The molecule has 0 aliphatic rings. The fourth-order valence-electron chi connectivity index (χ4n) is 1.03. The number of allylic oxidation sites excluding steroid dienone is 2. The van der Waals surface area contributed by atoms with Gasteiger partial charge in [0.2, 0.25) is 0 Å². The molecule has 0 aromatic carbocycles. The highest BCUT2D eigenvalue weighted by Gasteiger charge is 2.18. The van der Waals surface area contributed by atoms with Crippen LogP contribution >= 0.6 is 0 Å². The van der Waals surface area contributed by atoms with Crippen molar-refractivity contribution in [2.75, 3.05) is 0 Å². The third-order valence-corrected chi connectivity index (χ3v) is 2.31. The summed E-state index contributed by atoms with van der Waals surface area (Å²) in [5, 5.41) is 0. The van der Waals surface area contributed by atoms with Crippen LogP contribution in [-0.2, 0) is 4.79 Å². The van der Waals surface area contributed by atoms with Crippen LogP contribution in [0.1, 0.15) is 47.5 Å². The number of hydrogen-bond acceptors (Lipinski definition) is 1. The Bertz CT molecular complexity index is 180. The van der Waals surface area contributed by atoms with Crippen molar-refractivity contribution >= 4 is 5.78 Å². The quantitative estimate of drug-likeness (QED) is 0.607. The summed E-state index contributed by atoms with van der Waals surface area (Å²) in [5.74, 6) is 0.783. The molecule has 0 aliphatic heterocycles. The highest BCUT2D eigenvalue weighted by Crippen LogP contribution is 2.16. The van der Waals surface area contributed by atoms with Gasteiger partial charge in [-0.3, -0.25) is 4.79 Å². The summed E-state index contributed by atoms with van der Waals surface area (Å²) in [6, 6.07) is 0. The van der Waals surface area contributed by atoms with Crippen LogP contribution < -0.4 is 0 Å². The number of carbonyl (C=O) groups excluding carboxylic acids is 1. The first-order chi connectivity index (χ1) is 5.91. The number of carbonyl (C=O) groups is 1. The van der Waals surface area contributed by atoms with Crippen molar-refractivity contribution in [3.8, 4) is 0 Å². The van der Waals surface area contributed by atoms with Gasteiger partial charge in [0.1, 0.15) is 0 Å². The Balaban J connectivity index is 4.19. The van der Waals surface area contributed by atoms with Crippen LogP contribution in [0.4, 0.5) is 0 Å². The van der Waals surface area contributed by atoms with Gasteiger partial charge in [0, 0.05) is 5.41 Å². The third kappa shape index (κ3) is 4.87. The Morgan fingerprint density at radius 1 is 1.23 bits per heavy atom. The van der Waals surface area contributed by atoms with E-state index in [9.17, 15) is 4.79 Å². The number of hydrogen-bond donors (Lipinski definition) is 0. The molecule has 1 nitrogen and oxygen atoms in total. The predicted octanol–water partition coefficient (Wildman–Crippen LogP) is 3.59. The van der Waals surface area contributed by atoms with Crippen LogP contribution in [0.25, 0.3) is 0 Å². The minimum Gasteiger partial charge on any atom is -0.294 e. The lowest BCUT2D eigenvalue weighted by molar-refractivity contribution is -0.121. The monoisotopic (exact) mass is 182 g/mol. The van der Waals surface area contributed by atoms with Crippen molar-refractivity contribution < 1.29 is 4.79 Å². The maximum absolute atomic E-state index is 11.5. The molecule has 0 bridgehead atoms. The van der Waals surface area contributed by atoms with Gasteiger partial charge in [-0.2, -0.15) is 0 Å². The van der Waals surface area contributed by atoms with Crippen molar-refractivity contribution in [2.45, 2.75) is 47.5 Å². The number of rotatable bonds is 4. The van der Waals surface area contributed by atoms with Gasteiger partial charge >= 0.3 is 0 Å². The van der Waals surface area contributed by atoms with E-state index < -0.39 is 0 Å². The van der Waals surface area contributed by atoms with Gasteiger partial charge in [0.15, 0.2) is 5.78 Å². The summed E-state index contributed by atoms with van der Waals surface area (Å²) < 4.78 is 0. The molecule has 0 radical (unpaired) electrons. The molecule has 0 atom stereocenters. The molecule has 0 fully saturated rings. The Kier molecular flexibility index (Phi) is 4.97. The van der Waals surface area contributed by atoms with Crippen molar-refractivity contribution in [3.63, 3.8) is 0 Å². The minimum atomic E-state index is -0.234. The van der Waals surface area contributed by atoms with Crippen molar-refractivity contribution in [1.29, 1.82) is 0 Å². The molecule has 0 saturated heterocycles. The largest absolute Gasteiger partial charge is 0.294 e. The molecule has 0 rings (SSSR count). The average molecular weight is 182 g/mol. The Labute approximate surface area is 82.2 Å². The molecule has 0 N–H and O–H groups in total. The molecule has 76 valence electrons. The predicted molar refractivity (Wildman–Crippen MR) is 57.7 cm³/mol. The summed E-state index contributed by atoms with van der Waals surface area (Å²) in [5.41, 5.74) is -0.234. The van der Waals surface area contributed by atoms with Gasteiger partial charge in [-0.1, -0.05) is 40.7 Å². The fourth-order valence-corrected chi connectivity index (χ4v) is 1.03. The standard InChI is InChI=1S/C12H22O/c1-6-10(7-2)8-9-11(13)12(3,4)5/h8-10H,6-7H2,1-5H3. The van der Waals surface area contributed by atoms with E-state index in [0.717, 1.165) is 12.8 Å². The average Bonchev–Trinajstić information content (AvgIpc) is 2.04. The molecule has 1 heteroatoms. The second-order valence-corrected chi connectivity index (χ2v) is 4.55. The van der Waals surface area contributed by atoms with E-state index in [0.29, 0.717) is 5.92 Å². The van der Waals surface area contributed by atoms with E-state index in [2.05, 4.69) is 13.8 Å². The van der Waals surface area contributed by atoms with Crippen LogP contribution in [0.3, 0.4) is 0 Å². The SMILES string of the molecule is CCC(C=CC(=O)C(C)(C)C)CC. The maximum atomic E-state index is 11.5. The third-order valence-electron chi connectivity index (χ3n) is 2.31. The Morgan fingerprint density at radius 3 is 2.00 bits per heavy atom. The van der Waals surface area contributed by atoms with Crippen molar-refractivity contribution in [1.82, 2.24) is 0 Å². The Morgan fingerprint density at radius 2 is 1.69 bits per heavy atom. The van der Waals surface area contributed by atoms with E-state index in [1.807, 2.05) is 26.8 Å². The first-order valence-electron chi connectivity index (χ1n) is 5.14. The molecule has 0 aromatic heterocycles. The topological polar surface area (TPSA) is 17.1 Å². The summed E-state index contributed by atoms with van der Waals surface area (Å²) >= 11 is 0. The van der Waals surface area contributed by atoms with Gasteiger partial charge in [-0.15, -0.1) is 0 Å². The van der Waals surface area contributed by atoms with Gasteiger partial charge in [-0.05, 0) is 24.8 Å². The summed E-state index contributed by atoms with van der Waals surface area (Å²) in [7, 11) is 0. The molecule has 0 aromatic rings. The normalized spacial score (nSPS) is 12.8. The molecule has 13 heavy (non-hydrogen) atoms. The van der Waals surface area contributed by atoms with Crippen molar-refractivity contribution in [2.24, 2.45) is 11.3 Å². The second kappa shape index (κ2) is 5.21. The summed E-state index contributed by atoms with van der Waals surface area (Å²) in [6.07, 6.45) is 6.03. The van der Waals surface area contributed by atoms with Gasteiger partial charge in [0.25, 0.3) is 0 Å². The molecular formula is C12H22O. The zero-order valence-electron chi connectivity index (χ0n) is 9.55. The molecule has 0 heterocycles. The zero-order chi connectivity index (χ0) is 10.5. The lowest BCUT2D eigenvalue weighted by Crippen LogP contribution is -2.17. The molecule has 0 spiro atoms. The molecule has 0 amide bonds. The van der Waals surface area contributed by atoms with Crippen LogP contribution in [-0.4, -0.2) is 5.78 Å². The summed E-state index contributed by atoms with van der Waals surface area (Å²) in [6.45, 7) is 10.2. The zero-order valence-corrected chi connectivity index (χ0v) is 9.55. The lowest BCUT2D eigenvalue weighted by atomic mass is 9.89. The lowest BCUT2D eigenvalue weighted by Gasteiger charge is -2.14. The first kappa shape index (κ1) is 12.4. The second-order valence-electron chi connectivity index (χ2n) is 4.55. The van der Waals surface area contributed by atoms with E-state index in [4.69, 9.17) is 0 Å². The van der Waals surface area contributed by atoms with E-state index in [-0.39, 0.29) is 11.2 Å². The van der Waals surface area contributed by atoms with Crippen LogP contribution in [0.15, 0.2) is 12.2 Å². The van der Waals surface area contributed by atoms with Crippen LogP contribution in [0.2, 0.25) is 0 Å². The van der Waals surface area contributed by atoms with E-state index in [1.54, 1.807) is 6.08 Å². The summed E-state index contributed by atoms with van der Waals surface area (Å²) in [4.78, 5) is 11.5. The van der Waals surface area contributed by atoms with Crippen LogP contribution in [0.5, 0.6) is 0 Å². The van der Waals surface area contributed by atoms with Crippen molar-refractivity contribution in [3.05, 3.63) is 12.2 Å². The van der Waals surface area contributed by atoms with E-state index >= 15 is 0 Å². The van der Waals surface area contributed by atoms with E-state index in [1.165, 1.54) is 0 Å². The smallest absolute Gasteiger partial charge is 0.160 e. The van der Waals surface area contributed by atoms with Gasteiger partial charge < -0.3 is 0 Å². The molecule has 0 aliphatic carbocycles. The highest BCUT2D eigenvalue weighted by atomic mass is 16.1. The number of ketones is 1. The maximum Gasteiger partial charge on any atom is 0.160 e. The molecule has 0 unspecified atom stereocenters. The van der Waals surface area contributed by atoms with Crippen LogP contribution in [0, 0.1) is 11.3 Å². The minimum absolute atomic E-state index is 0.222.